The van der Waals surface area contributed by atoms with Crippen molar-refractivity contribution in [1.82, 2.24) is 4.90 Å². The Morgan fingerprint density at radius 2 is 1.90 bits per heavy atom. The molecule has 2 heteroatoms. The van der Waals surface area contributed by atoms with E-state index in [0.29, 0.717) is 6.04 Å². The average molecular weight is 143 g/mol. The summed E-state index contributed by atoms with van der Waals surface area (Å²) in [6, 6.07) is 0.558. The van der Waals surface area contributed by atoms with Crippen LogP contribution >= 0.6 is 0 Å². The van der Waals surface area contributed by atoms with E-state index in [9.17, 15) is 5.11 Å². The molecule has 1 saturated carbocycles. The molecule has 0 bridgehead atoms. The Hall–Kier alpha value is -0.0800. The van der Waals surface area contributed by atoms with E-state index in [4.69, 9.17) is 0 Å². The largest absolute Gasteiger partial charge is 0.392 e. The second-order valence-electron chi connectivity index (χ2n) is 4.05. The van der Waals surface area contributed by atoms with Gasteiger partial charge in [-0.05, 0) is 20.5 Å². The Bertz CT molecular complexity index is 131. The summed E-state index contributed by atoms with van der Waals surface area (Å²) < 4.78 is 0. The van der Waals surface area contributed by atoms with Crippen molar-refractivity contribution in [2.75, 3.05) is 14.1 Å². The van der Waals surface area contributed by atoms with Crippen LogP contribution in [-0.4, -0.2) is 36.2 Å². The van der Waals surface area contributed by atoms with Gasteiger partial charge in [0.1, 0.15) is 0 Å². The summed E-state index contributed by atoms with van der Waals surface area (Å²) in [4.78, 5) is 2.19. The Kier molecular flexibility index (Phi) is 1.77. The maximum Gasteiger partial charge on any atom is 0.0621 e. The molecule has 0 saturated heterocycles. The van der Waals surface area contributed by atoms with Crippen LogP contribution in [0.1, 0.15) is 20.3 Å². The van der Waals surface area contributed by atoms with Crippen molar-refractivity contribution in [3.8, 4) is 0 Å². The first kappa shape index (κ1) is 8.02. The Balaban J connectivity index is 2.55. The van der Waals surface area contributed by atoms with Gasteiger partial charge in [0.2, 0.25) is 0 Å². The summed E-state index contributed by atoms with van der Waals surface area (Å²) in [7, 11) is 4.14. The lowest BCUT2D eigenvalue weighted by molar-refractivity contribution is -0.107. The molecule has 0 aromatic heterocycles. The van der Waals surface area contributed by atoms with E-state index >= 15 is 0 Å². The summed E-state index contributed by atoms with van der Waals surface area (Å²) in [6.07, 6.45) is 0.833. The highest BCUT2D eigenvalue weighted by atomic mass is 16.3. The van der Waals surface area contributed by atoms with Crippen LogP contribution in [0.3, 0.4) is 0 Å². The zero-order valence-corrected chi connectivity index (χ0v) is 7.26. The van der Waals surface area contributed by atoms with Gasteiger partial charge in [0.05, 0.1) is 6.10 Å². The van der Waals surface area contributed by atoms with Crippen LogP contribution in [0, 0.1) is 5.41 Å². The Morgan fingerprint density at radius 3 is 2.00 bits per heavy atom. The van der Waals surface area contributed by atoms with Crippen LogP contribution in [0.15, 0.2) is 0 Å². The van der Waals surface area contributed by atoms with Crippen LogP contribution in [0.5, 0.6) is 0 Å². The fourth-order valence-electron chi connectivity index (χ4n) is 1.76. The lowest BCUT2D eigenvalue weighted by atomic mass is 9.64. The van der Waals surface area contributed by atoms with Gasteiger partial charge in [-0.3, -0.25) is 0 Å². The Morgan fingerprint density at radius 1 is 1.40 bits per heavy atom. The highest BCUT2D eigenvalue weighted by Gasteiger charge is 2.48. The van der Waals surface area contributed by atoms with Gasteiger partial charge in [0, 0.05) is 11.5 Å². The molecule has 0 aromatic carbocycles. The molecular weight excluding hydrogens is 126 g/mol. The van der Waals surface area contributed by atoms with Gasteiger partial charge < -0.3 is 10.0 Å². The summed E-state index contributed by atoms with van der Waals surface area (Å²) in [5, 5.41) is 9.37. The maximum absolute atomic E-state index is 9.37. The van der Waals surface area contributed by atoms with E-state index < -0.39 is 0 Å². The van der Waals surface area contributed by atoms with E-state index in [0.717, 1.165) is 6.42 Å². The lowest BCUT2D eigenvalue weighted by Gasteiger charge is -2.52. The molecule has 0 radical (unpaired) electrons. The molecule has 1 N–H and O–H groups in total. The number of nitrogens with zero attached hydrogens (tertiary/aromatic N) is 1. The molecule has 1 aliphatic carbocycles. The number of aliphatic hydroxyl groups excluding tert-OH is 1. The smallest absolute Gasteiger partial charge is 0.0621 e. The SMILES string of the molecule is CN(C)C1CC(O)C1(C)C. The molecule has 1 rings (SSSR count). The summed E-state index contributed by atoms with van der Waals surface area (Å²) >= 11 is 0. The van der Waals surface area contributed by atoms with E-state index in [1.165, 1.54) is 0 Å². The van der Waals surface area contributed by atoms with Gasteiger partial charge in [-0.25, -0.2) is 0 Å². The van der Waals surface area contributed by atoms with E-state index in [-0.39, 0.29) is 11.5 Å². The predicted molar refractivity (Wildman–Crippen MR) is 41.9 cm³/mol. The molecule has 60 valence electrons. The molecule has 2 atom stereocenters. The summed E-state index contributed by atoms with van der Waals surface area (Å²) in [5.41, 5.74) is 0.101. The molecule has 1 aliphatic rings. The standard InChI is InChI=1S/C8H17NO/c1-8(2)6(9(3)4)5-7(8)10/h6-7,10H,5H2,1-4H3. The quantitative estimate of drug-likeness (QED) is 0.584. The molecule has 0 aliphatic heterocycles. The van der Waals surface area contributed by atoms with Crippen molar-refractivity contribution in [3.63, 3.8) is 0 Å². The van der Waals surface area contributed by atoms with E-state index in [2.05, 4.69) is 32.8 Å². The highest BCUT2D eigenvalue weighted by molar-refractivity contribution is 5.01. The third-order valence-electron chi connectivity index (χ3n) is 2.79. The fourth-order valence-corrected chi connectivity index (χ4v) is 1.76. The summed E-state index contributed by atoms with van der Waals surface area (Å²) in [5.74, 6) is 0. The Labute approximate surface area is 62.8 Å². The maximum atomic E-state index is 9.37. The molecule has 0 amide bonds. The van der Waals surface area contributed by atoms with Crippen LogP contribution < -0.4 is 0 Å². The first-order valence-electron chi connectivity index (χ1n) is 3.80. The zero-order valence-electron chi connectivity index (χ0n) is 7.26. The highest BCUT2D eigenvalue weighted by Crippen LogP contribution is 2.42. The second kappa shape index (κ2) is 2.21. The van der Waals surface area contributed by atoms with Gasteiger partial charge in [-0.15, -0.1) is 0 Å². The number of aliphatic hydroxyl groups is 1. The molecule has 0 heterocycles. The van der Waals surface area contributed by atoms with Gasteiger partial charge >= 0.3 is 0 Å². The number of hydrogen-bond donors (Lipinski definition) is 1. The van der Waals surface area contributed by atoms with Crippen molar-refractivity contribution in [1.29, 1.82) is 0 Å². The monoisotopic (exact) mass is 143 g/mol. The average Bonchev–Trinajstić information content (AvgIpc) is 1.82. The van der Waals surface area contributed by atoms with E-state index in [1.807, 2.05) is 0 Å². The fraction of sp³-hybridized carbons (Fsp3) is 1.00. The minimum atomic E-state index is -0.0973. The minimum Gasteiger partial charge on any atom is -0.392 e. The molecule has 10 heavy (non-hydrogen) atoms. The van der Waals surface area contributed by atoms with Gasteiger partial charge in [-0.2, -0.15) is 0 Å². The van der Waals surface area contributed by atoms with Crippen molar-refractivity contribution >= 4 is 0 Å². The summed E-state index contributed by atoms with van der Waals surface area (Å²) in [6.45, 7) is 4.23. The minimum absolute atomic E-state index is 0.0973. The van der Waals surface area contributed by atoms with Crippen LogP contribution in [0.2, 0.25) is 0 Å². The van der Waals surface area contributed by atoms with Gasteiger partial charge in [0.15, 0.2) is 0 Å². The molecule has 0 spiro atoms. The van der Waals surface area contributed by atoms with Crippen molar-refractivity contribution < 1.29 is 5.11 Å². The molecule has 2 nitrogen and oxygen atoms in total. The number of hydrogen-bond acceptors (Lipinski definition) is 2. The van der Waals surface area contributed by atoms with Crippen LogP contribution in [-0.2, 0) is 0 Å². The third-order valence-corrected chi connectivity index (χ3v) is 2.79. The van der Waals surface area contributed by atoms with Crippen LogP contribution in [0.25, 0.3) is 0 Å². The van der Waals surface area contributed by atoms with Gasteiger partial charge in [0.25, 0.3) is 0 Å². The van der Waals surface area contributed by atoms with Crippen molar-refractivity contribution in [2.45, 2.75) is 32.4 Å². The third kappa shape index (κ3) is 0.956. The van der Waals surface area contributed by atoms with E-state index in [1.54, 1.807) is 0 Å². The molecule has 0 aromatic rings. The predicted octanol–water partition coefficient (Wildman–Crippen LogP) is 0.707. The molecule has 2 unspecified atom stereocenters. The zero-order chi connectivity index (χ0) is 7.94. The topological polar surface area (TPSA) is 23.5 Å². The first-order valence-corrected chi connectivity index (χ1v) is 3.80. The van der Waals surface area contributed by atoms with Gasteiger partial charge in [-0.1, -0.05) is 13.8 Å². The molecular formula is C8H17NO. The second-order valence-corrected chi connectivity index (χ2v) is 4.05. The molecule has 1 fully saturated rings. The number of rotatable bonds is 1. The van der Waals surface area contributed by atoms with Crippen molar-refractivity contribution in [3.05, 3.63) is 0 Å². The normalized spacial score (nSPS) is 37.8. The van der Waals surface area contributed by atoms with Crippen LogP contribution in [0.4, 0.5) is 0 Å². The lowest BCUT2D eigenvalue weighted by Crippen LogP contribution is -2.59. The van der Waals surface area contributed by atoms with Crippen molar-refractivity contribution in [2.24, 2.45) is 5.41 Å². The first-order chi connectivity index (χ1) is 4.46.